The van der Waals surface area contributed by atoms with E-state index in [1.54, 1.807) is 47.7 Å². The van der Waals surface area contributed by atoms with E-state index in [1.807, 2.05) is 20.8 Å². The summed E-state index contributed by atoms with van der Waals surface area (Å²) in [5.74, 6) is -0.0635. The van der Waals surface area contributed by atoms with Crippen molar-refractivity contribution in [2.24, 2.45) is 0 Å². The van der Waals surface area contributed by atoms with E-state index in [2.05, 4.69) is 9.82 Å². The number of carbonyl (C=O) groups excluding carboxylic acids is 1. The van der Waals surface area contributed by atoms with Crippen LogP contribution in [-0.2, 0) is 15.6 Å². The Kier molecular flexibility index (Phi) is 5.27. The van der Waals surface area contributed by atoms with Gasteiger partial charge in [-0.3, -0.25) is 14.2 Å². The molecule has 0 saturated carbocycles. The first-order chi connectivity index (χ1) is 13.0. The zero-order chi connectivity index (χ0) is 20.7. The van der Waals surface area contributed by atoms with Crippen LogP contribution in [0.2, 0.25) is 0 Å². The Labute approximate surface area is 166 Å². The van der Waals surface area contributed by atoms with Crippen molar-refractivity contribution in [1.29, 1.82) is 0 Å². The topological polar surface area (TPSA) is 84.3 Å². The van der Waals surface area contributed by atoms with Gasteiger partial charge < -0.3 is 4.90 Å². The Balaban J connectivity index is 1.91. The number of benzene rings is 1. The van der Waals surface area contributed by atoms with E-state index >= 15 is 0 Å². The van der Waals surface area contributed by atoms with Crippen LogP contribution in [0.3, 0.4) is 0 Å². The fraction of sp³-hybridized carbons (Fsp3) is 0.500. The van der Waals surface area contributed by atoms with Gasteiger partial charge in [-0.05, 0) is 65.7 Å². The van der Waals surface area contributed by atoms with Crippen molar-refractivity contribution < 1.29 is 13.2 Å². The molecule has 2 aromatic rings. The second kappa shape index (κ2) is 7.24. The maximum Gasteiger partial charge on any atom is 0.265 e. The maximum atomic E-state index is 13.1. The Morgan fingerprint density at radius 2 is 1.79 bits per heavy atom. The summed E-state index contributed by atoms with van der Waals surface area (Å²) in [6.07, 6.45) is 2.02. The molecule has 0 unspecified atom stereocenters. The first-order valence-electron chi connectivity index (χ1n) is 9.49. The fourth-order valence-corrected chi connectivity index (χ4v) is 5.14. The Morgan fingerprint density at radius 3 is 2.36 bits per heavy atom. The van der Waals surface area contributed by atoms with Crippen molar-refractivity contribution in [3.63, 3.8) is 0 Å². The predicted octanol–water partition coefficient (Wildman–Crippen LogP) is 3.29. The molecule has 2 heterocycles. The number of aromatic nitrogens is 2. The van der Waals surface area contributed by atoms with Gasteiger partial charge in [0.05, 0.1) is 16.9 Å². The van der Waals surface area contributed by atoms with Crippen molar-refractivity contribution >= 4 is 21.6 Å². The number of hydrogen-bond donors (Lipinski definition) is 1. The molecule has 1 fully saturated rings. The third-order valence-corrected chi connectivity index (χ3v) is 6.52. The van der Waals surface area contributed by atoms with Crippen molar-refractivity contribution in [2.45, 2.75) is 57.9 Å². The van der Waals surface area contributed by atoms with E-state index in [9.17, 15) is 13.2 Å². The van der Waals surface area contributed by atoms with Crippen LogP contribution < -0.4 is 4.72 Å². The number of aryl methyl sites for hydroxylation is 1. The van der Waals surface area contributed by atoms with Gasteiger partial charge in [-0.1, -0.05) is 6.07 Å². The lowest BCUT2D eigenvalue weighted by Gasteiger charge is -2.21. The molecule has 152 valence electrons. The third-order valence-electron chi connectivity index (χ3n) is 4.88. The molecule has 3 rings (SSSR count). The van der Waals surface area contributed by atoms with E-state index in [1.165, 1.54) is 0 Å². The largest absolute Gasteiger partial charge is 0.339 e. The van der Waals surface area contributed by atoms with Crippen LogP contribution in [-0.4, -0.2) is 42.1 Å². The molecule has 0 spiro atoms. The average molecular weight is 405 g/mol. The van der Waals surface area contributed by atoms with Gasteiger partial charge in [-0.25, -0.2) is 8.42 Å². The van der Waals surface area contributed by atoms with Crippen molar-refractivity contribution in [3.8, 4) is 0 Å². The number of sulfonamides is 1. The lowest BCUT2D eigenvalue weighted by molar-refractivity contribution is 0.0793. The molecule has 28 heavy (non-hydrogen) atoms. The van der Waals surface area contributed by atoms with Crippen molar-refractivity contribution in [1.82, 2.24) is 14.7 Å². The molecule has 1 aliphatic rings. The molecule has 0 aliphatic carbocycles. The summed E-state index contributed by atoms with van der Waals surface area (Å²) in [5, 5.41) is 4.42. The number of nitrogens with zero attached hydrogens (tertiary/aromatic N) is 3. The summed E-state index contributed by atoms with van der Waals surface area (Å²) in [6, 6.07) is 6.65. The summed E-state index contributed by atoms with van der Waals surface area (Å²) in [7, 11) is -3.83. The van der Waals surface area contributed by atoms with Gasteiger partial charge in [-0.15, -0.1) is 0 Å². The zero-order valence-electron chi connectivity index (χ0n) is 17.1. The standard InChI is InChI=1S/C20H28N4O3S/c1-14-18(15(2)24(21-14)20(3,4)5)28(26,27)22-17-10-8-9-16(13-17)19(25)23-11-6-7-12-23/h8-10,13,22H,6-7,11-12H2,1-5H3. The van der Waals surface area contributed by atoms with Crippen molar-refractivity contribution in [3.05, 3.63) is 41.2 Å². The fourth-order valence-electron chi connectivity index (χ4n) is 3.70. The molecule has 0 radical (unpaired) electrons. The molecule has 0 bridgehead atoms. The van der Waals surface area contributed by atoms with Crippen LogP contribution in [0.4, 0.5) is 5.69 Å². The van der Waals surface area contributed by atoms with Gasteiger partial charge in [0.15, 0.2) is 0 Å². The SMILES string of the molecule is Cc1nn(C(C)(C)C)c(C)c1S(=O)(=O)Nc1cccc(C(=O)N2CCCC2)c1. The van der Waals surface area contributed by atoms with E-state index in [4.69, 9.17) is 0 Å². The molecule has 0 atom stereocenters. The summed E-state index contributed by atoms with van der Waals surface area (Å²) >= 11 is 0. The molecule has 1 aromatic heterocycles. The summed E-state index contributed by atoms with van der Waals surface area (Å²) in [4.78, 5) is 14.6. The van der Waals surface area contributed by atoms with E-state index in [-0.39, 0.29) is 16.3 Å². The van der Waals surface area contributed by atoms with Crippen LogP contribution in [0, 0.1) is 13.8 Å². The van der Waals surface area contributed by atoms with Crippen LogP contribution in [0.5, 0.6) is 0 Å². The summed E-state index contributed by atoms with van der Waals surface area (Å²) < 4.78 is 30.5. The van der Waals surface area contributed by atoms with Crippen LogP contribution in [0.15, 0.2) is 29.2 Å². The van der Waals surface area contributed by atoms with Crippen molar-refractivity contribution in [2.75, 3.05) is 17.8 Å². The Bertz CT molecular complexity index is 997. The van der Waals surface area contributed by atoms with E-state index in [0.29, 0.717) is 22.6 Å². The lowest BCUT2D eigenvalue weighted by atomic mass is 10.1. The normalized spacial score (nSPS) is 15.1. The summed E-state index contributed by atoms with van der Waals surface area (Å²) in [5.41, 5.74) is 1.56. The Morgan fingerprint density at radius 1 is 1.14 bits per heavy atom. The van der Waals surface area contributed by atoms with E-state index in [0.717, 1.165) is 25.9 Å². The van der Waals surface area contributed by atoms with Gasteiger partial charge in [0.1, 0.15) is 4.90 Å². The number of hydrogen-bond acceptors (Lipinski definition) is 4. The molecule has 7 nitrogen and oxygen atoms in total. The highest BCUT2D eigenvalue weighted by Gasteiger charge is 2.29. The molecule has 1 saturated heterocycles. The Hall–Kier alpha value is -2.35. The van der Waals surface area contributed by atoms with Crippen LogP contribution >= 0.6 is 0 Å². The molecule has 1 amide bonds. The van der Waals surface area contributed by atoms with Gasteiger partial charge in [-0.2, -0.15) is 5.10 Å². The minimum Gasteiger partial charge on any atom is -0.339 e. The minimum atomic E-state index is -3.83. The van der Waals surface area contributed by atoms with Gasteiger partial charge in [0.25, 0.3) is 15.9 Å². The second-order valence-corrected chi connectivity index (χ2v) is 9.89. The molecule has 8 heteroatoms. The number of nitrogens with one attached hydrogen (secondary N) is 1. The minimum absolute atomic E-state index is 0.0635. The highest BCUT2D eigenvalue weighted by Crippen LogP contribution is 2.27. The molecule has 1 N–H and O–H groups in total. The first-order valence-corrected chi connectivity index (χ1v) is 11.0. The van der Waals surface area contributed by atoms with Gasteiger partial charge >= 0.3 is 0 Å². The number of likely N-dealkylation sites (tertiary alicyclic amines) is 1. The maximum absolute atomic E-state index is 13.1. The number of carbonyl (C=O) groups is 1. The lowest BCUT2D eigenvalue weighted by Crippen LogP contribution is -2.27. The van der Waals surface area contributed by atoms with Crippen LogP contribution in [0.25, 0.3) is 0 Å². The quantitative estimate of drug-likeness (QED) is 0.847. The average Bonchev–Trinajstić information content (AvgIpc) is 3.21. The van der Waals surface area contributed by atoms with Gasteiger partial charge in [0.2, 0.25) is 0 Å². The zero-order valence-corrected chi connectivity index (χ0v) is 17.9. The summed E-state index contributed by atoms with van der Waals surface area (Å²) in [6.45, 7) is 10.9. The first kappa shape index (κ1) is 20.4. The van der Waals surface area contributed by atoms with Gasteiger partial charge in [0, 0.05) is 24.3 Å². The smallest absolute Gasteiger partial charge is 0.265 e. The number of anilines is 1. The second-order valence-electron chi connectivity index (χ2n) is 8.27. The highest BCUT2D eigenvalue weighted by atomic mass is 32.2. The van der Waals surface area contributed by atoms with E-state index < -0.39 is 10.0 Å². The molecule has 1 aromatic carbocycles. The number of amides is 1. The molecule has 1 aliphatic heterocycles. The van der Waals surface area contributed by atoms with Crippen LogP contribution in [0.1, 0.15) is 55.4 Å². The molecular formula is C20H28N4O3S. The third kappa shape index (κ3) is 3.92. The highest BCUT2D eigenvalue weighted by molar-refractivity contribution is 7.92. The monoisotopic (exact) mass is 404 g/mol. The molecular weight excluding hydrogens is 376 g/mol. The predicted molar refractivity (Wildman–Crippen MR) is 109 cm³/mol. The number of rotatable bonds is 4.